The Labute approximate surface area is 168 Å². The third-order valence-electron chi connectivity index (χ3n) is 4.37. The summed E-state index contributed by atoms with van der Waals surface area (Å²) in [5.74, 6) is 0.575. The lowest BCUT2D eigenvalue weighted by Gasteiger charge is -2.23. The standard InChI is InChI=1S/C22H31N5O/c1-3-27(20-13-8-5-9-14-20)16-10-15-24-22(23-2)26-18-21(28)25-17-19-11-6-4-7-12-19/h4-9,11-14H,3,10,15-18H2,1-2H3,(H,25,28)(H2,23,24,26). The lowest BCUT2D eigenvalue weighted by atomic mass is 10.2. The summed E-state index contributed by atoms with van der Waals surface area (Å²) >= 11 is 0. The molecule has 0 aliphatic rings. The molecular weight excluding hydrogens is 350 g/mol. The van der Waals surface area contributed by atoms with E-state index in [-0.39, 0.29) is 12.5 Å². The van der Waals surface area contributed by atoms with Gasteiger partial charge in [-0.15, -0.1) is 0 Å². The van der Waals surface area contributed by atoms with Crippen LogP contribution in [-0.4, -0.2) is 45.1 Å². The zero-order valence-electron chi connectivity index (χ0n) is 16.8. The molecule has 2 rings (SSSR count). The van der Waals surface area contributed by atoms with Gasteiger partial charge in [0, 0.05) is 38.9 Å². The Morgan fingerprint density at radius 1 is 0.964 bits per heavy atom. The second-order valence-corrected chi connectivity index (χ2v) is 6.38. The first-order valence-electron chi connectivity index (χ1n) is 9.78. The minimum atomic E-state index is -0.0620. The maximum Gasteiger partial charge on any atom is 0.239 e. The van der Waals surface area contributed by atoms with E-state index in [0.29, 0.717) is 12.5 Å². The molecule has 0 spiro atoms. The fraction of sp³-hybridized carbons (Fsp3) is 0.364. The molecule has 0 aliphatic carbocycles. The largest absolute Gasteiger partial charge is 0.372 e. The summed E-state index contributed by atoms with van der Waals surface area (Å²) in [6.07, 6.45) is 0.976. The number of carbonyl (C=O) groups is 1. The van der Waals surface area contributed by atoms with Crippen LogP contribution >= 0.6 is 0 Å². The van der Waals surface area contributed by atoms with E-state index >= 15 is 0 Å². The van der Waals surface area contributed by atoms with Crippen molar-refractivity contribution in [1.82, 2.24) is 16.0 Å². The molecule has 0 unspecified atom stereocenters. The smallest absolute Gasteiger partial charge is 0.239 e. The third kappa shape index (κ3) is 7.70. The molecular formula is C22H31N5O. The number of amides is 1. The van der Waals surface area contributed by atoms with Crippen LogP contribution in [0.1, 0.15) is 18.9 Å². The number of anilines is 1. The van der Waals surface area contributed by atoms with Crippen molar-refractivity contribution in [2.45, 2.75) is 19.9 Å². The number of benzene rings is 2. The Hall–Kier alpha value is -3.02. The molecule has 150 valence electrons. The second kappa shape index (κ2) is 12.4. The van der Waals surface area contributed by atoms with E-state index < -0.39 is 0 Å². The number of guanidine groups is 1. The van der Waals surface area contributed by atoms with Crippen molar-refractivity contribution in [1.29, 1.82) is 0 Å². The highest BCUT2D eigenvalue weighted by Gasteiger charge is 2.05. The molecule has 0 radical (unpaired) electrons. The monoisotopic (exact) mass is 381 g/mol. The van der Waals surface area contributed by atoms with Crippen molar-refractivity contribution in [2.24, 2.45) is 4.99 Å². The van der Waals surface area contributed by atoms with E-state index in [4.69, 9.17) is 0 Å². The Bertz CT molecular complexity index is 718. The molecule has 0 fully saturated rings. The molecule has 0 aliphatic heterocycles. The summed E-state index contributed by atoms with van der Waals surface area (Å²) in [4.78, 5) is 18.5. The molecule has 0 atom stereocenters. The Morgan fingerprint density at radius 2 is 1.64 bits per heavy atom. The summed E-state index contributed by atoms with van der Waals surface area (Å²) in [6, 6.07) is 20.3. The summed E-state index contributed by atoms with van der Waals surface area (Å²) in [6.45, 7) is 5.60. The SMILES string of the molecule is CCN(CCCNC(=NC)NCC(=O)NCc1ccccc1)c1ccccc1. The minimum Gasteiger partial charge on any atom is -0.372 e. The van der Waals surface area contributed by atoms with Crippen LogP contribution in [-0.2, 0) is 11.3 Å². The molecule has 3 N–H and O–H groups in total. The Balaban J connectivity index is 1.63. The van der Waals surface area contributed by atoms with E-state index in [2.05, 4.69) is 57.0 Å². The lowest BCUT2D eigenvalue weighted by Crippen LogP contribution is -2.43. The molecule has 2 aromatic carbocycles. The highest BCUT2D eigenvalue weighted by atomic mass is 16.1. The fourth-order valence-electron chi connectivity index (χ4n) is 2.83. The predicted molar refractivity (Wildman–Crippen MR) is 117 cm³/mol. The van der Waals surface area contributed by atoms with Crippen LogP contribution in [0.25, 0.3) is 0 Å². The van der Waals surface area contributed by atoms with Crippen LogP contribution in [0.3, 0.4) is 0 Å². The number of hydrogen-bond acceptors (Lipinski definition) is 3. The molecule has 0 heterocycles. The van der Waals surface area contributed by atoms with Gasteiger partial charge in [0.15, 0.2) is 5.96 Å². The van der Waals surface area contributed by atoms with Crippen molar-refractivity contribution < 1.29 is 4.79 Å². The normalized spacial score (nSPS) is 11.0. The number of para-hydroxylation sites is 1. The van der Waals surface area contributed by atoms with Gasteiger partial charge in [0.25, 0.3) is 0 Å². The molecule has 0 bridgehead atoms. The summed E-state index contributed by atoms with van der Waals surface area (Å²) in [5.41, 5.74) is 2.32. The van der Waals surface area contributed by atoms with E-state index in [1.807, 2.05) is 36.4 Å². The molecule has 6 heteroatoms. The number of aliphatic imine (C=N–C) groups is 1. The number of hydrogen-bond donors (Lipinski definition) is 3. The average Bonchev–Trinajstić information content (AvgIpc) is 2.75. The number of nitrogens with zero attached hydrogens (tertiary/aromatic N) is 2. The van der Waals surface area contributed by atoms with E-state index in [0.717, 1.165) is 31.6 Å². The third-order valence-corrected chi connectivity index (χ3v) is 4.37. The quantitative estimate of drug-likeness (QED) is 0.336. The average molecular weight is 382 g/mol. The summed E-state index contributed by atoms with van der Waals surface area (Å²) < 4.78 is 0. The molecule has 0 saturated carbocycles. The van der Waals surface area contributed by atoms with Gasteiger partial charge in [-0.25, -0.2) is 0 Å². The Kier molecular flexibility index (Phi) is 9.41. The van der Waals surface area contributed by atoms with E-state index in [9.17, 15) is 4.79 Å². The zero-order valence-corrected chi connectivity index (χ0v) is 16.8. The van der Waals surface area contributed by atoms with Crippen molar-refractivity contribution >= 4 is 17.6 Å². The first-order valence-corrected chi connectivity index (χ1v) is 9.78. The van der Waals surface area contributed by atoms with E-state index in [1.54, 1.807) is 7.05 Å². The maximum atomic E-state index is 12.0. The van der Waals surface area contributed by atoms with Gasteiger partial charge in [0.1, 0.15) is 0 Å². The van der Waals surface area contributed by atoms with Crippen molar-refractivity contribution in [3.63, 3.8) is 0 Å². The second-order valence-electron chi connectivity index (χ2n) is 6.38. The van der Waals surface area contributed by atoms with Crippen LogP contribution in [0.15, 0.2) is 65.7 Å². The molecule has 1 amide bonds. The first kappa shape index (κ1) is 21.3. The van der Waals surface area contributed by atoms with Gasteiger partial charge in [-0.3, -0.25) is 9.79 Å². The zero-order chi connectivity index (χ0) is 20.0. The van der Waals surface area contributed by atoms with Gasteiger partial charge >= 0.3 is 0 Å². The van der Waals surface area contributed by atoms with Crippen molar-refractivity contribution in [3.05, 3.63) is 66.2 Å². The van der Waals surface area contributed by atoms with Crippen LogP contribution in [0, 0.1) is 0 Å². The highest BCUT2D eigenvalue weighted by molar-refractivity contribution is 5.86. The molecule has 0 aromatic heterocycles. The number of nitrogens with one attached hydrogen (secondary N) is 3. The van der Waals surface area contributed by atoms with Crippen LogP contribution in [0.5, 0.6) is 0 Å². The van der Waals surface area contributed by atoms with Crippen LogP contribution < -0.4 is 20.9 Å². The van der Waals surface area contributed by atoms with Gasteiger partial charge in [-0.1, -0.05) is 48.5 Å². The lowest BCUT2D eigenvalue weighted by molar-refractivity contribution is -0.120. The van der Waals surface area contributed by atoms with E-state index in [1.165, 1.54) is 5.69 Å². The highest BCUT2D eigenvalue weighted by Crippen LogP contribution is 2.12. The summed E-state index contributed by atoms with van der Waals surface area (Å²) in [7, 11) is 1.71. The molecule has 2 aromatic rings. The molecule has 0 saturated heterocycles. The summed E-state index contributed by atoms with van der Waals surface area (Å²) in [5, 5.41) is 9.21. The molecule has 6 nitrogen and oxygen atoms in total. The predicted octanol–water partition coefficient (Wildman–Crippen LogP) is 2.38. The minimum absolute atomic E-state index is 0.0620. The van der Waals surface area contributed by atoms with Gasteiger partial charge in [0.2, 0.25) is 5.91 Å². The van der Waals surface area contributed by atoms with Crippen LogP contribution in [0.4, 0.5) is 5.69 Å². The topological polar surface area (TPSA) is 68.8 Å². The van der Waals surface area contributed by atoms with Gasteiger partial charge < -0.3 is 20.9 Å². The van der Waals surface area contributed by atoms with Gasteiger partial charge in [-0.2, -0.15) is 0 Å². The van der Waals surface area contributed by atoms with Gasteiger partial charge in [-0.05, 0) is 31.0 Å². The fourth-order valence-corrected chi connectivity index (χ4v) is 2.83. The number of carbonyl (C=O) groups excluding carboxylic acids is 1. The molecule has 28 heavy (non-hydrogen) atoms. The number of rotatable bonds is 10. The van der Waals surface area contributed by atoms with Crippen molar-refractivity contribution in [3.8, 4) is 0 Å². The maximum absolute atomic E-state index is 12.0. The Morgan fingerprint density at radius 3 is 2.29 bits per heavy atom. The first-order chi connectivity index (χ1) is 13.7. The van der Waals surface area contributed by atoms with Gasteiger partial charge in [0.05, 0.1) is 6.54 Å². The van der Waals surface area contributed by atoms with Crippen molar-refractivity contribution in [2.75, 3.05) is 38.1 Å². The van der Waals surface area contributed by atoms with Crippen LogP contribution in [0.2, 0.25) is 0 Å².